The van der Waals surface area contributed by atoms with Crippen molar-refractivity contribution in [3.63, 3.8) is 0 Å². The summed E-state index contributed by atoms with van der Waals surface area (Å²) in [5.41, 5.74) is 4.17. The molecule has 0 bridgehead atoms. The van der Waals surface area contributed by atoms with Crippen molar-refractivity contribution in [3.05, 3.63) is 65.6 Å². The minimum atomic E-state index is -0.514. The van der Waals surface area contributed by atoms with E-state index in [-0.39, 0.29) is 17.4 Å². The Morgan fingerprint density at radius 3 is 2.54 bits per heavy atom. The van der Waals surface area contributed by atoms with Crippen LogP contribution in [0, 0.1) is 17.0 Å². The van der Waals surface area contributed by atoms with Crippen LogP contribution in [0.2, 0.25) is 0 Å². The summed E-state index contributed by atoms with van der Waals surface area (Å²) in [5.74, 6) is -0.00483. The van der Waals surface area contributed by atoms with E-state index in [1.165, 1.54) is 5.56 Å². The molecule has 0 amide bonds. The molecule has 0 fully saturated rings. The molecule has 6 heteroatoms. The smallest absolute Gasteiger partial charge is 0.310 e. The summed E-state index contributed by atoms with van der Waals surface area (Å²) in [6.07, 6.45) is 3.71. The Kier molecular flexibility index (Phi) is 4.97. The lowest BCUT2D eigenvalue weighted by Gasteiger charge is -2.26. The molecule has 0 spiro atoms. The molecule has 0 radical (unpaired) electrons. The van der Waals surface area contributed by atoms with Gasteiger partial charge in [-0.15, -0.1) is 0 Å². The zero-order valence-electron chi connectivity index (χ0n) is 13.2. The Bertz CT molecular complexity index is 797. The number of phenols is 1. The number of hydrogen-bond acceptors (Lipinski definition) is 3. The molecule has 4 nitrogen and oxygen atoms in total. The van der Waals surface area contributed by atoms with Gasteiger partial charge in [0, 0.05) is 15.0 Å². The van der Waals surface area contributed by atoms with Gasteiger partial charge in [-0.2, -0.15) is 0 Å². The van der Waals surface area contributed by atoms with Gasteiger partial charge < -0.3 is 5.11 Å². The zero-order chi connectivity index (χ0) is 17.4. The molecule has 1 unspecified atom stereocenters. The first-order valence-electron chi connectivity index (χ1n) is 7.81. The molecule has 1 atom stereocenters. The number of nitrogens with zero attached hydrogens (tertiary/aromatic N) is 1. The highest BCUT2D eigenvalue weighted by Crippen LogP contribution is 2.40. The fraction of sp³-hybridized carbons (Fsp3) is 0.333. The normalized spacial score (nSPS) is 16.7. The topological polar surface area (TPSA) is 63.4 Å². The van der Waals surface area contributed by atoms with Crippen molar-refractivity contribution in [2.24, 2.45) is 0 Å². The van der Waals surface area contributed by atoms with Crippen LogP contribution in [0.4, 0.5) is 5.69 Å². The molecule has 3 rings (SSSR count). The highest BCUT2D eigenvalue weighted by atomic mass is 79.9. The molecule has 0 saturated heterocycles. The number of rotatable bonds is 3. The van der Waals surface area contributed by atoms with Gasteiger partial charge in [0.15, 0.2) is 5.75 Å². The third-order valence-electron chi connectivity index (χ3n) is 4.69. The van der Waals surface area contributed by atoms with Crippen LogP contribution in [0.15, 0.2) is 33.2 Å². The van der Waals surface area contributed by atoms with Crippen LogP contribution in [0.3, 0.4) is 0 Å². The minimum absolute atomic E-state index is 0.202. The van der Waals surface area contributed by atoms with E-state index in [0.717, 1.165) is 51.3 Å². The number of nitro groups is 1. The number of fused-ring (bicyclic) bond motifs is 1. The lowest BCUT2D eigenvalue weighted by molar-refractivity contribution is -0.386. The molecule has 2 aromatic rings. The lowest BCUT2D eigenvalue weighted by Crippen LogP contribution is -2.13. The summed E-state index contributed by atoms with van der Waals surface area (Å²) in [4.78, 5) is 10.6. The maximum absolute atomic E-state index is 11.1. The largest absolute Gasteiger partial charge is 0.502 e. The van der Waals surface area contributed by atoms with E-state index in [2.05, 4.69) is 44.0 Å². The average molecular weight is 455 g/mol. The first-order chi connectivity index (χ1) is 11.4. The third kappa shape index (κ3) is 3.35. The van der Waals surface area contributed by atoms with E-state index >= 15 is 0 Å². The zero-order valence-corrected chi connectivity index (χ0v) is 16.4. The summed E-state index contributed by atoms with van der Waals surface area (Å²) < 4.78 is 2.11. The Morgan fingerprint density at radius 2 is 1.92 bits per heavy atom. The van der Waals surface area contributed by atoms with Crippen molar-refractivity contribution in [2.75, 3.05) is 0 Å². The standard InChI is InChI=1S/C18H17Br2NO3/c1-10-15(19)6-11(7-16(10)20)5-12-3-2-4-13-8-18(22)17(21(23)24)9-14(12)13/h6-9,12,22H,2-5H2,1H3. The Morgan fingerprint density at radius 1 is 1.25 bits per heavy atom. The van der Waals surface area contributed by atoms with Crippen LogP contribution >= 0.6 is 31.9 Å². The van der Waals surface area contributed by atoms with Gasteiger partial charge in [0.25, 0.3) is 0 Å². The summed E-state index contributed by atoms with van der Waals surface area (Å²) in [7, 11) is 0. The van der Waals surface area contributed by atoms with E-state index < -0.39 is 4.92 Å². The average Bonchev–Trinajstić information content (AvgIpc) is 2.51. The van der Waals surface area contributed by atoms with Gasteiger partial charge in [0.2, 0.25) is 0 Å². The number of nitro benzene ring substituents is 1. The molecular weight excluding hydrogens is 438 g/mol. The molecule has 1 aliphatic rings. The van der Waals surface area contributed by atoms with Crippen LogP contribution in [0.1, 0.15) is 41.0 Å². The van der Waals surface area contributed by atoms with Crippen LogP contribution < -0.4 is 0 Å². The molecule has 24 heavy (non-hydrogen) atoms. The predicted molar refractivity (Wildman–Crippen MR) is 101 cm³/mol. The molecule has 2 aromatic carbocycles. The van der Waals surface area contributed by atoms with Crippen molar-refractivity contribution in [1.82, 2.24) is 0 Å². The van der Waals surface area contributed by atoms with E-state index in [1.54, 1.807) is 12.1 Å². The molecule has 126 valence electrons. The van der Waals surface area contributed by atoms with Crippen molar-refractivity contribution in [3.8, 4) is 5.75 Å². The number of hydrogen-bond donors (Lipinski definition) is 1. The SMILES string of the molecule is Cc1c(Br)cc(CC2CCCc3cc(O)c([N+](=O)[O-])cc32)cc1Br. The predicted octanol–water partition coefficient (Wildman–Crippen LogP) is 5.80. The molecule has 0 heterocycles. The van der Waals surface area contributed by atoms with E-state index in [1.807, 2.05) is 6.92 Å². The second-order valence-electron chi connectivity index (χ2n) is 6.27. The van der Waals surface area contributed by atoms with Gasteiger partial charge in [-0.25, -0.2) is 0 Å². The number of aryl methyl sites for hydroxylation is 1. The molecule has 0 aliphatic heterocycles. The van der Waals surface area contributed by atoms with Crippen LogP contribution in [-0.2, 0) is 12.8 Å². The monoisotopic (exact) mass is 453 g/mol. The van der Waals surface area contributed by atoms with Gasteiger partial charge in [-0.3, -0.25) is 10.1 Å². The van der Waals surface area contributed by atoms with Crippen molar-refractivity contribution in [1.29, 1.82) is 0 Å². The first-order valence-corrected chi connectivity index (χ1v) is 9.40. The van der Waals surface area contributed by atoms with Crippen molar-refractivity contribution >= 4 is 37.5 Å². The Labute approximate surface area is 157 Å². The van der Waals surface area contributed by atoms with Crippen molar-refractivity contribution < 1.29 is 10.0 Å². The van der Waals surface area contributed by atoms with E-state index in [9.17, 15) is 15.2 Å². The highest BCUT2D eigenvalue weighted by Gasteiger charge is 2.26. The van der Waals surface area contributed by atoms with Gasteiger partial charge in [-0.05, 0) is 79.0 Å². The number of phenolic OH excluding ortho intramolecular Hbond substituents is 1. The molecule has 1 N–H and O–H groups in total. The molecular formula is C18H17Br2NO3. The minimum Gasteiger partial charge on any atom is -0.502 e. The molecule has 0 saturated carbocycles. The highest BCUT2D eigenvalue weighted by molar-refractivity contribution is 9.11. The van der Waals surface area contributed by atoms with Gasteiger partial charge >= 0.3 is 5.69 Å². The Balaban J connectivity index is 1.97. The second kappa shape index (κ2) is 6.84. The maximum Gasteiger partial charge on any atom is 0.310 e. The van der Waals surface area contributed by atoms with Crippen LogP contribution in [0.25, 0.3) is 0 Å². The van der Waals surface area contributed by atoms with E-state index in [0.29, 0.717) is 0 Å². The third-order valence-corrected chi connectivity index (χ3v) is 6.34. The summed E-state index contributed by atoms with van der Waals surface area (Å²) in [6.45, 7) is 2.04. The van der Waals surface area contributed by atoms with E-state index in [4.69, 9.17) is 0 Å². The number of halogens is 2. The Hall–Kier alpha value is -1.40. The number of aromatic hydroxyl groups is 1. The summed E-state index contributed by atoms with van der Waals surface area (Å²) in [6, 6.07) is 7.36. The van der Waals surface area contributed by atoms with Gasteiger partial charge in [0.1, 0.15) is 0 Å². The molecule has 1 aliphatic carbocycles. The fourth-order valence-corrected chi connectivity index (χ4v) is 4.67. The van der Waals surface area contributed by atoms with Gasteiger partial charge in [0.05, 0.1) is 4.92 Å². The quantitative estimate of drug-likeness (QED) is 0.471. The van der Waals surface area contributed by atoms with Crippen molar-refractivity contribution in [2.45, 2.75) is 38.5 Å². The number of benzene rings is 2. The van der Waals surface area contributed by atoms with Crippen LogP contribution in [0.5, 0.6) is 5.75 Å². The maximum atomic E-state index is 11.1. The van der Waals surface area contributed by atoms with Gasteiger partial charge in [-0.1, -0.05) is 31.9 Å². The summed E-state index contributed by atoms with van der Waals surface area (Å²) in [5, 5.41) is 21.0. The second-order valence-corrected chi connectivity index (χ2v) is 7.98. The first kappa shape index (κ1) is 17.4. The molecule has 0 aromatic heterocycles. The lowest BCUT2D eigenvalue weighted by atomic mass is 9.79. The van der Waals surface area contributed by atoms with Crippen LogP contribution in [-0.4, -0.2) is 10.0 Å². The fourth-order valence-electron chi connectivity index (χ4n) is 3.39. The summed E-state index contributed by atoms with van der Waals surface area (Å²) >= 11 is 7.16.